The van der Waals surface area contributed by atoms with E-state index in [0.717, 1.165) is 23.7 Å². The molecule has 0 spiro atoms. The van der Waals surface area contributed by atoms with Gasteiger partial charge in [0.2, 0.25) is 0 Å². The second kappa shape index (κ2) is 7.77. The zero-order valence-corrected chi connectivity index (χ0v) is 22.5. The molecule has 7 atom stereocenters. The van der Waals surface area contributed by atoms with Crippen LogP contribution >= 0.6 is 0 Å². The van der Waals surface area contributed by atoms with Crippen molar-refractivity contribution in [3.63, 3.8) is 0 Å². The van der Waals surface area contributed by atoms with Crippen molar-refractivity contribution in [1.29, 1.82) is 0 Å². The number of rotatable bonds is 4. The Labute approximate surface area is 194 Å². The van der Waals surface area contributed by atoms with Crippen LogP contribution in [-0.2, 0) is 0 Å². The molecular formula is C31H52. The van der Waals surface area contributed by atoms with Gasteiger partial charge in [0.05, 0.1) is 0 Å². The van der Waals surface area contributed by atoms with Crippen LogP contribution in [0.4, 0.5) is 0 Å². The quantitative estimate of drug-likeness (QED) is 0.394. The Morgan fingerprint density at radius 3 is 2.32 bits per heavy atom. The fraction of sp³-hybridized carbons (Fsp3) is 0.871. The lowest BCUT2D eigenvalue weighted by atomic mass is 9.42. The molecule has 0 aliphatic heterocycles. The van der Waals surface area contributed by atoms with Crippen LogP contribution < -0.4 is 0 Å². The van der Waals surface area contributed by atoms with Crippen molar-refractivity contribution >= 4 is 0 Å². The van der Waals surface area contributed by atoms with E-state index in [4.69, 9.17) is 0 Å². The minimum atomic E-state index is 0.456. The van der Waals surface area contributed by atoms with Gasteiger partial charge in [0.25, 0.3) is 0 Å². The summed E-state index contributed by atoms with van der Waals surface area (Å²) in [6.45, 7) is 22.9. The van der Waals surface area contributed by atoms with Gasteiger partial charge in [-0.3, -0.25) is 0 Å². The highest BCUT2D eigenvalue weighted by atomic mass is 14.7. The molecule has 0 nitrogen and oxygen atoms in total. The minimum Gasteiger partial charge on any atom is -0.0859 e. The molecule has 4 aliphatic carbocycles. The molecule has 2 saturated carbocycles. The van der Waals surface area contributed by atoms with E-state index in [1.165, 1.54) is 69.8 Å². The molecule has 31 heavy (non-hydrogen) atoms. The maximum Gasteiger partial charge on any atom is -0.00568 e. The molecule has 0 aromatic rings. The van der Waals surface area contributed by atoms with E-state index in [2.05, 4.69) is 68.4 Å². The molecule has 0 aromatic carbocycles. The van der Waals surface area contributed by atoms with Gasteiger partial charge in [-0.25, -0.2) is 0 Å². The Morgan fingerprint density at radius 2 is 1.65 bits per heavy atom. The first kappa shape index (κ1) is 23.6. The van der Waals surface area contributed by atoms with Gasteiger partial charge in [-0.1, -0.05) is 71.3 Å². The Morgan fingerprint density at radius 1 is 0.935 bits per heavy atom. The first-order chi connectivity index (χ1) is 14.4. The Kier molecular flexibility index (Phi) is 5.92. The lowest BCUT2D eigenvalue weighted by Crippen LogP contribution is -2.53. The lowest BCUT2D eigenvalue weighted by molar-refractivity contribution is -0.0482. The average Bonchev–Trinajstić information content (AvgIpc) is 2.96. The lowest BCUT2D eigenvalue weighted by Gasteiger charge is -2.62. The summed E-state index contributed by atoms with van der Waals surface area (Å²) in [5, 5.41) is 0. The maximum absolute atomic E-state index is 2.72. The van der Waals surface area contributed by atoms with Crippen molar-refractivity contribution in [2.45, 2.75) is 127 Å². The van der Waals surface area contributed by atoms with Crippen LogP contribution in [0.2, 0.25) is 0 Å². The third kappa shape index (κ3) is 3.35. The fourth-order valence-electron chi connectivity index (χ4n) is 9.66. The van der Waals surface area contributed by atoms with Gasteiger partial charge >= 0.3 is 0 Å². The summed E-state index contributed by atoms with van der Waals surface area (Å²) in [7, 11) is 0. The van der Waals surface area contributed by atoms with Crippen molar-refractivity contribution in [1.82, 2.24) is 0 Å². The first-order valence-electron chi connectivity index (χ1n) is 13.7. The highest BCUT2D eigenvalue weighted by Crippen LogP contribution is 2.72. The van der Waals surface area contributed by atoms with E-state index in [1.807, 2.05) is 11.1 Å². The van der Waals surface area contributed by atoms with Crippen LogP contribution in [0.15, 0.2) is 22.8 Å². The van der Waals surface area contributed by atoms with E-state index in [1.54, 1.807) is 0 Å². The zero-order valence-electron chi connectivity index (χ0n) is 22.5. The predicted molar refractivity (Wildman–Crippen MR) is 136 cm³/mol. The number of allylic oxidation sites excluding steroid dienone is 4. The maximum atomic E-state index is 2.72. The zero-order chi connectivity index (χ0) is 22.8. The van der Waals surface area contributed by atoms with Crippen LogP contribution in [0.1, 0.15) is 127 Å². The van der Waals surface area contributed by atoms with Crippen LogP contribution in [0.25, 0.3) is 0 Å². The second-order valence-electron chi connectivity index (χ2n) is 14.0. The molecule has 0 saturated heterocycles. The van der Waals surface area contributed by atoms with Gasteiger partial charge in [-0.15, -0.1) is 0 Å². The normalized spacial score (nSPS) is 44.9. The summed E-state index contributed by atoms with van der Waals surface area (Å²) in [5.74, 6) is 3.52. The summed E-state index contributed by atoms with van der Waals surface area (Å²) < 4.78 is 0. The smallest absolute Gasteiger partial charge is 0.00568 e. The largest absolute Gasteiger partial charge is 0.0859 e. The standard InChI is InChI=1S/C31H52/c1-21(2)11-10-12-22(3)24-16-19-31(9)26-13-14-27-28(5,6)23(4)15-18-29(27,7)25(26)17-20-30(24,31)8/h11,22-24,27H,10,12-20H2,1-9H3/t22-,23+,24-,27?,29-,30-,31+/m1/s1. The first-order valence-corrected chi connectivity index (χ1v) is 13.7. The van der Waals surface area contributed by atoms with Gasteiger partial charge in [0.15, 0.2) is 0 Å². The van der Waals surface area contributed by atoms with Crippen molar-refractivity contribution in [2.75, 3.05) is 0 Å². The van der Waals surface area contributed by atoms with E-state index in [9.17, 15) is 0 Å². The molecule has 1 unspecified atom stereocenters. The Bertz CT molecular complexity index is 761. The van der Waals surface area contributed by atoms with E-state index < -0.39 is 0 Å². The van der Waals surface area contributed by atoms with Crippen LogP contribution in [-0.4, -0.2) is 0 Å². The summed E-state index contributed by atoms with van der Waals surface area (Å²) in [6, 6.07) is 0. The molecule has 0 radical (unpaired) electrons. The molecule has 2 fully saturated rings. The van der Waals surface area contributed by atoms with Gasteiger partial charge in [-0.05, 0) is 123 Å². The van der Waals surface area contributed by atoms with Crippen molar-refractivity contribution < 1.29 is 0 Å². The van der Waals surface area contributed by atoms with Crippen LogP contribution in [0.5, 0.6) is 0 Å². The number of hydrogen-bond acceptors (Lipinski definition) is 0. The number of hydrogen-bond donors (Lipinski definition) is 0. The minimum absolute atomic E-state index is 0.456. The number of fused-ring (bicyclic) bond motifs is 4. The molecule has 0 heteroatoms. The molecular weight excluding hydrogens is 372 g/mol. The Hall–Kier alpha value is -0.520. The van der Waals surface area contributed by atoms with Gasteiger partial charge < -0.3 is 0 Å². The fourth-order valence-corrected chi connectivity index (χ4v) is 9.66. The van der Waals surface area contributed by atoms with Crippen LogP contribution in [0, 0.1) is 45.3 Å². The van der Waals surface area contributed by atoms with E-state index >= 15 is 0 Å². The third-order valence-electron chi connectivity index (χ3n) is 12.2. The molecule has 4 aliphatic rings. The SMILES string of the molecule is CC(C)=CCC[C@@H](C)[C@H]1CC[C@@]2(C)C3=C(CC[C@]12C)[C@@]1(C)CC[C@H](C)C(C)(C)C1CC3. The second-order valence-corrected chi connectivity index (χ2v) is 14.0. The molecule has 0 bridgehead atoms. The third-order valence-corrected chi connectivity index (χ3v) is 12.2. The highest BCUT2D eigenvalue weighted by molar-refractivity contribution is 5.38. The van der Waals surface area contributed by atoms with Crippen LogP contribution in [0.3, 0.4) is 0 Å². The highest BCUT2D eigenvalue weighted by Gasteiger charge is 2.62. The van der Waals surface area contributed by atoms with Crippen molar-refractivity contribution in [2.24, 2.45) is 45.3 Å². The molecule has 0 N–H and O–H groups in total. The Balaban J connectivity index is 1.65. The average molecular weight is 425 g/mol. The van der Waals surface area contributed by atoms with Crippen molar-refractivity contribution in [3.8, 4) is 0 Å². The molecule has 176 valence electrons. The van der Waals surface area contributed by atoms with E-state index in [0.29, 0.717) is 21.7 Å². The molecule has 4 rings (SSSR count). The topological polar surface area (TPSA) is 0 Å². The molecule has 0 heterocycles. The summed E-state index contributed by atoms with van der Waals surface area (Å²) in [4.78, 5) is 0. The summed E-state index contributed by atoms with van der Waals surface area (Å²) >= 11 is 0. The van der Waals surface area contributed by atoms with Gasteiger partial charge in [-0.2, -0.15) is 0 Å². The predicted octanol–water partition coefficient (Wildman–Crippen LogP) is 9.75. The molecule has 0 amide bonds. The van der Waals surface area contributed by atoms with E-state index in [-0.39, 0.29) is 0 Å². The monoisotopic (exact) mass is 424 g/mol. The summed E-state index contributed by atoms with van der Waals surface area (Å²) in [6.07, 6.45) is 16.6. The van der Waals surface area contributed by atoms with Crippen molar-refractivity contribution in [3.05, 3.63) is 22.8 Å². The summed E-state index contributed by atoms with van der Waals surface area (Å²) in [5.41, 5.74) is 7.34. The van der Waals surface area contributed by atoms with Gasteiger partial charge in [0, 0.05) is 0 Å². The molecule has 0 aromatic heterocycles. The van der Waals surface area contributed by atoms with Gasteiger partial charge in [0.1, 0.15) is 0 Å².